The van der Waals surface area contributed by atoms with Gasteiger partial charge in [-0.1, -0.05) is 6.08 Å². The molecule has 0 saturated carbocycles. The number of rotatable bonds is 1. The van der Waals surface area contributed by atoms with Crippen LogP contribution in [0.3, 0.4) is 0 Å². The summed E-state index contributed by atoms with van der Waals surface area (Å²) in [5, 5.41) is 10.8. The Morgan fingerprint density at radius 2 is 2.33 bits per heavy atom. The molecule has 4 heteroatoms. The maximum atomic E-state index is 3.72. The third-order valence-corrected chi connectivity index (χ3v) is 0.969. The first-order valence-corrected chi connectivity index (χ1v) is 2.69. The first-order chi connectivity index (χ1) is 4.34. The lowest BCUT2D eigenvalue weighted by molar-refractivity contribution is 0.706. The fraction of sp³-hybridized carbons (Fsp3) is 0.400. The van der Waals surface area contributed by atoms with E-state index in [9.17, 15) is 0 Å². The van der Waals surface area contributed by atoms with Gasteiger partial charge in [-0.05, 0) is 23.4 Å². The molecule has 9 heavy (non-hydrogen) atoms. The number of hydrogen-bond acceptors (Lipinski definition) is 3. The van der Waals surface area contributed by atoms with Crippen molar-refractivity contribution < 1.29 is 0 Å². The van der Waals surface area contributed by atoms with Crippen LogP contribution >= 0.6 is 0 Å². The van der Waals surface area contributed by atoms with Crippen LogP contribution in [0.4, 0.5) is 0 Å². The SMILES string of the molecule is C/C=C/c1nnnn1C. The van der Waals surface area contributed by atoms with Gasteiger partial charge < -0.3 is 0 Å². The molecule has 0 spiro atoms. The summed E-state index contributed by atoms with van der Waals surface area (Å²) < 4.78 is 1.61. The largest absolute Gasteiger partial charge is 0.229 e. The maximum absolute atomic E-state index is 3.72. The standard InChI is InChI=1S/C5H8N4/c1-3-4-5-6-7-8-9(5)2/h3-4H,1-2H3/b4-3+. The van der Waals surface area contributed by atoms with E-state index in [0.717, 1.165) is 5.82 Å². The van der Waals surface area contributed by atoms with Crippen LogP contribution in [-0.4, -0.2) is 20.2 Å². The summed E-state index contributed by atoms with van der Waals surface area (Å²) in [6.07, 6.45) is 3.74. The Morgan fingerprint density at radius 1 is 1.56 bits per heavy atom. The van der Waals surface area contributed by atoms with Crippen LogP contribution in [0.25, 0.3) is 6.08 Å². The fourth-order valence-electron chi connectivity index (χ4n) is 0.527. The molecule has 0 aliphatic rings. The van der Waals surface area contributed by atoms with Crippen LogP contribution in [0.2, 0.25) is 0 Å². The van der Waals surface area contributed by atoms with Crippen LogP contribution in [0.15, 0.2) is 6.08 Å². The van der Waals surface area contributed by atoms with Crippen molar-refractivity contribution in [1.82, 2.24) is 20.2 Å². The Balaban J connectivity index is 2.94. The molecule has 48 valence electrons. The smallest absolute Gasteiger partial charge is 0.174 e. The lowest BCUT2D eigenvalue weighted by Crippen LogP contribution is -1.92. The molecule has 1 rings (SSSR count). The minimum absolute atomic E-state index is 0.775. The van der Waals surface area contributed by atoms with Gasteiger partial charge in [0.05, 0.1) is 0 Å². The second kappa shape index (κ2) is 2.39. The molecule has 4 nitrogen and oxygen atoms in total. The Hall–Kier alpha value is -1.19. The van der Waals surface area contributed by atoms with Gasteiger partial charge in [0.1, 0.15) is 0 Å². The van der Waals surface area contributed by atoms with E-state index in [-0.39, 0.29) is 0 Å². The Morgan fingerprint density at radius 3 is 2.78 bits per heavy atom. The predicted octanol–water partition coefficient (Wildman–Crippen LogP) is 0.243. The van der Waals surface area contributed by atoms with E-state index < -0.39 is 0 Å². The van der Waals surface area contributed by atoms with Crippen molar-refractivity contribution in [3.63, 3.8) is 0 Å². The van der Waals surface area contributed by atoms with Crippen LogP contribution < -0.4 is 0 Å². The zero-order chi connectivity index (χ0) is 6.69. The molecule has 0 fully saturated rings. The van der Waals surface area contributed by atoms with Gasteiger partial charge in [-0.25, -0.2) is 4.68 Å². The van der Waals surface area contributed by atoms with Crippen LogP contribution in [0.5, 0.6) is 0 Å². The zero-order valence-electron chi connectivity index (χ0n) is 5.44. The van der Waals surface area contributed by atoms with Crippen molar-refractivity contribution in [3.8, 4) is 0 Å². The highest BCUT2D eigenvalue weighted by Crippen LogP contribution is 1.89. The van der Waals surface area contributed by atoms with Gasteiger partial charge in [0.15, 0.2) is 5.82 Å². The average molecular weight is 124 g/mol. The van der Waals surface area contributed by atoms with E-state index in [2.05, 4.69) is 15.5 Å². The molecule has 0 atom stereocenters. The van der Waals surface area contributed by atoms with E-state index >= 15 is 0 Å². The third kappa shape index (κ3) is 1.13. The summed E-state index contributed by atoms with van der Waals surface area (Å²) in [6, 6.07) is 0. The normalized spacial score (nSPS) is 10.9. The third-order valence-electron chi connectivity index (χ3n) is 0.969. The van der Waals surface area contributed by atoms with Gasteiger partial charge in [-0.3, -0.25) is 0 Å². The first kappa shape index (κ1) is 5.94. The summed E-state index contributed by atoms with van der Waals surface area (Å²) in [7, 11) is 1.80. The molecule has 0 amide bonds. The lowest BCUT2D eigenvalue weighted by Gasteiger charge is -1.85. The molecule has 0 aliphatic heterocycles. The quantitative estimate of drug-likeness (QED) is 0.538. The maximum Gasteiger partial charge on any atom is 0.174 e. The Kier molecular flexibility index (Phi) is 1.58. The molecule has 0 N–H and O–H groups in total. The second-order valence-electron chi connectivity index (χ2n) is 1.66. The molecule has 0 unspecified atom stereocenters. The van der Waals surface area contributed by atoms with E-state index in [0.29, 0.717) is 0 Å². The zero-order valence-corrected chi connectivity index (χ0v) is 5.44. The highest BCUT2D eigenvalue weighted by molar-refractivity contribution is 5.37. The van der Waals surface area contributed by atoms with E-state index in [4.69, 9.17) is 0 Å². The molecular formula is C5H8N4. The van der Waals surface area contributed by atoms with Crippen molar-refractivity contribution in [3.05, 3.63) is 11.9 Å². The summed E-state index contributed by atoms with van der Waals surface area (Å²) in [6.45, 7) is 1.93. The summed E-state index contributed by atoms with van der Waals surface area (Å²) in [4.78, 5) is 0. The van der Waals surface area contributed by atoms with Crippen molar-refractivity contribution >= 4 is 6.08 Å². The van der Waals surface area contributed by atoms with E-state index in [1.807, 2.05) is 19.1 Å². The van der Waals surface area contributed by atoms with E-state index in [1.165, 1.54) is 0 Å². The summed E-state index contributed by atoms with van der Waals surface area (Å²) >= 11 is 0. The molecule has 0 bridgehead atoms. The van der Waals surface area contributed by atoms with Crippen LogP contribution in [0.1, 0.15) is 12.7 Å². The van der Waals surface area contributed by atoms with Gasteiger partial charge in [0.2, 0.25) is 0 Å². The molecule has 0 saturated heterocycles. The number of aromatic nitrogens is 4. The Bertz CT molecular complexity index is 212. The highest BCUT2D eigenvalue weighted by Gasteiger charge is 1.92. The number of aryl methyl sites for hydroxylation is 1. The number of tetrazole rings is 1. The van der Waals surface area contributed by atoms with Gasteiger partial charge in [0.25, 0.3) is 0 Å². The van der Waals surface area contributed by atoms with Crippen LogP contribution in [0, 0.1) is 0 Å². The van der Waals surface area contributed by atoms with Gasteiger partial charge in [-0.2, -0.15) is 0 Å². The van der Waals surface area contributed by atoms with Crippen molar-refractivity contribution in [2.24, 2.45) is 7.05 Å². The highest BCUT2D eigenvalue weighted by atomic mass is 15.5. The number of nitrogens with zero attached hydrogens (tertiary/aromatic N) is 4. The minimum atomic E-state index is 0.775. The van der Waals surface area contributed by atoms with Crippen molar-refractivity contribution in [2.75, 3.05) is 0 Å². The molecule has 0 aliphatic carbocycles. The predicted molar refractivity (Wildman–Crippen MR) is 33.5 cm³/mol. The minimum Gasteiger partial charge on any atom is -0.229 e. The molecule has 0 aromatic carbocycles. The molecular weight excluding hydrogens is 116 g/mol. The van der Waals surface area contributed by atoms with Gasteiger partial charge >= 0.3 is 0 Å². The summed E-state index contributed by atoms with van der Waals surface area (Å²) in [5.74, 6) is 0.775. The average Bonchev–Trinajstić information content (AvgIpc) is 2.18. The molecule has 1 aromatic rings. The number of allylic oxidation sites excluding steroid dienone is 1. The van der Waals surface area contributed by atoms with Crippen LogP contribution in [-0.2, 0) is 7.05 Å². The van der Waals surface area contributed by atoms with E-state index in [1.54, 1.807) is 11.7 Å². The van der Waals surface area contributed by atoms with Gasteiger partial charge in [-0.15, -0.1) is 5.10 Å². The second-order valence-corrected chi connectivity index (χ2v) is 1.66. The lowest BCUT2D eigenvalue weighted by atomic mass is 10.5. The van der Waals surface area contributed by atoms with Crippen molar-refractivity contribution in [2.45, 2.75) is 6.92 Å². The fourth-order valence-corrected chi connectivity index (χ4v) is 0.527. The number of hydrogen-bond donors (Lipinski definition) is 0. The molecule has 0 radical (unpaired) electrons. The summed E-state index contributed by atoms with van der Waals surface area (Å²) in [5.41, 5.74) is 0. The molecule has 1 aromatic heterocycles. The molecule has 1 heterocycles. The monoisotopic (exact) mass is 124 g/mol. The Labute approximate surface area is 53.2 Å². The van der Waals surface area contributed by atoms with Gasteiger partial charge in [0, 0.05) is 7.05 Å². The topological polar surface area (TPSA) is 43.6 Å². The van der Waals surface area contributed by atoms with Crippen molar-refractivity contribution in [1.29, 1.82) is 0 Å². The first-order valence-electron chi connectivity index (χ1n) is 2.69.